The van der Waals surface area contributed by atoms with Gasteiger partial charge in [0.15, 0.2) is 0 Å². The highest BCUT2D eigenvalue weighted by Crippen LogP contribution is 2.18. The van der Waals surface area contributed by atoms with Crippen LogP contribution in [0.2, 0.25) is 0 Å². The van der Waals surface area contributed by atoms with Crippen molar-refractivity contribution in [3.8, 4) is 0 Å². The Morgan fingerprint density at radius 2 is 2.10 bits per heavy atom. The highest BCUT2D eigenvalue weighted by atomic mass is 16.5. The molecule has 0 aliphatic carbocycles. The van der Waals surface area contributed by atoms with E-state index >= 15 is 0 Å². The summed E-state index contributed by atoms with van der Waals surface area (Å²) in [5.41, 5.74) is -0.998. The summed E-state index contributed by atoms with van der Waals surface area (Å²) in [4.78, 5) is 48.5. The average Bonchev–Trinajstić information content (AvgIpc) is 2.96. The number of hydrogen-bond donors (Lipinski definition) is 0. The van der Waals surface area contributed by atoms with E-state index in [-0.39, 0.29) is 12.5 Å². The second-order valence-corrected chi connectivity index (χ2v) is 4.89. The minimum Gasteiger partial charge on any atom is -0.467 e. The lowest BCUT2D eigenvalue weighted by Gasteiger charge is -2.23. The summed E-state index contributed by atoms with van der Waals surface area (Å²) in [5, 5.41) is 0. The Morgan fingerprint density at radius 1 is 1.38 bits per heavy atom. The highest BCUT2D eigenvalue weighted by Gasteiger charge is 2.34. The van der Waals surface area contributed by atoms with Gasteiger partial charge in [-0.05, 0) is 12.8 Å². The molecule has 0 N–H and O–H groups in total. The Hall–Kier alpha value is -2.38. The number of carbonyl (C=O) groups excluding carboxylic acids is 2. The van der Waals surface area contributed by atoms with Crippen molar-refractivity contribution in [2.45, 2.75) is 25.4 Å². The van der Waals surface area contributed by atoms with Crippen LogP contribution in [0.15, 0.2) is 21.9 Å². The molecule has 21 heavy (non-hydrogen) atoms. The molecule has 0 spiro atoms. The van der Waals surface area contributed by atoms with Gasteiger partial charge in [0.2, 0.25) is 5.91 Å². The van der Waals surface area contributed by atoms with Crippen LogP contribution in [0.3, 0.4) is 0 Å². The second-order valence-electron chi connectivity index (χ2n) is 4.89. The molecule has 1 aromatic rings. The van der Waals surface area contributed by atoms with Gasteiger partial charge in [-0.1, -0.05) is 0 Å². The monoisotopic (exact) mass is 295 g/mol. The van der Waals surface area contributed by atoms with Gasteiger partial charge in [0.1, 0.15) is 12.6 Å². The smallest absolute Gasteiger partial charge is 0.331 e. The molecular formula is C13H17N3O5. The van der Waals surface area contributed by atoms with Crippen molar-refractivity contribution in [2.24, 2.45) is 7.05 Å². The van der Waals surface area contributed by atoms with E-state index in [0.29, 0.717) is 19.4 Å². The van der Waals surface area contributed by atoms with Crippen LogP contribution in [0.5, 0.6) is 0 Å². The number of likely N-dealkylation sites (tertiary alicyclic amines) is 1. The van der Waals surface area contributed by atoms with Crippen LogP contribution in [0.4, 0.5) is 0 Å². The van der Waals surface area contributed by atoms with Crippen molar-refractivity contribution in [2.75, 3.05) is 13.7 Å². The van der Waals surface area contributed by atoms with Gasteiger partial charge in [-0.15, -0.1) is 0 Å². The molecule has 1 aliphatic heterocycles. The molecule has 1 atom stereocenters. The zero-order valence-electron chi connectivity index (χ0n) is 11.9. The Kier molecular flexibility index (Phi) is 4.25. The lowest BCUT2D eigenvalue weighted by atomic mass is 10.2. The minimum absolute atomic E-state index is 0.208. The molecule has 1 aromatic heterocycles. The van der Waals surface area contributed by atoms with Gasteiger partial charge in [0.25, 0.3) is 5.56 Å². The maximum absolute atomic E-state index is 12.3. The fraction of sp³-hybridized carbons (Fsp3) is 0.538. The number of esters is 1. The molecule has 2 heterocycles. The number of methoxy groups -OCH3 is 1. The van der Waals surface area contributed by atoms with E-state index in [1.54, 1.807) is 0 Å². The van der Waals surface area contributed by atoms with Crippen LogP contribution in [-0.4, -0.2) is 45.6 Å². The van der Waals surface area contributed by atoms with Crippen LogP contribution >= 0.6 is 0 Å². The number of carbonyl (C=O) groups is 2. The third-order valence-corrected chi connectivity index (χ3v) is 3.61. The summed E-state index contributed by atoms with van der Waals surface area (Å²) in [6, 6.07) is 0.627. The largest absolute Gasteiger partial charge is 0.467 e. The first-order chi connectivity index (χ1) is 9.95. The van der Waals surface area contributed by atoms with Gasteiger partial charge in [0, 0.05) is 25.9 Å². The predicted octanol–water partition coefficient (Wildman–Crippen LogP) is -1.29. The lowest BCUT2D eigenvalue weighted by Crippen LogP contribution is -2.45. The molecule has 1 saturated heterocycles. The topological polar surface area (TPSA) is 90.6 Å². The molecule has 1 fully saturated rings. The number of nitrogens with zero attached hydrogens (tertiary/aromatic N) is 3. The Bertz CT molecular complexity index is 675. The van der Waals surface area contributed by atoms with E-state index in [0.717, 1.165) is 9.13 Å². The fourth-order valence-corrected chi connectivity index (χ4v) is 2.42. The van der Waals surface area contributed by atoms with Crippen molar-refractivity contribution in [3.63, 3.8) is 0 Å². The molecule has 114 valence electrons. The van der Waals surface area contributed by atoms with Gasteiger partial charge < -0.3 is 9.64 Å². The number of rotatable bonds is 3. The number of hydrogen-bond acceptors (Lipinski definition) is 5. The van der Waals surface area contributed by atoms with Crippen molar-refractivity contribution >= 4 is 11.9 Å². The summed E-state index contributed by atoms with van der Waals surface area (Å²) >= 11 is 0. The molecule has 0 radical (unpaired) electrons. The van der Waals surface area contributed by atoms with Crippen molar-refractivity contribution < 1.29 is 14.3 Å². The average molecular weight is 295 g/mol. The van der Waals surface area contributed by atoms with Crippen LogP contribution < -0.4 is 11.2 Å². The fourth-order valence-electron chi connectivity index (χ4n) is 2.42. The third-order valence-electron chi connectivity index (χ3n) is 3.61. The van der Waals surface area contributed by atoms with E-state index < -0.39 is 23.3 Å². The summed E-state index contributed by atoms with van der Waals surface area (Å²) in [6.07, 6.45) is 2.56. The molecule has 8 heteroatoms. The molecule has 1 amide bonds. The minimum atomic E-state index is -0.592. The first kappa shape index (κ1) is 15.0. The molecule has 1 unspecified atom stereocenters. The zero-order chi connectivity index (χ0) is 15.6. The van der Waals surface area contributed by atoms with Crippen LogP contribution in [-0.2, 0) is 27.9 Å². The van der Waals surface area contributed by atoms with Gasteiger partial charge in [0.05, 0.1) is 7.11 Å². The summed E-state index contributed by atoms with van der Waals surface area (Å²) in [5.74, 6) is -0.794. The van der Waals surface area contributed by atoms with Gasteiger partial charge in [-0.25, -0.2) is 9.59 Å². The van der Waals surface area contributed by atoms with E-state index in [2.05, 4.69) is 4.74 Å². The molecule has 0 aromatic carbocycles. The van der Waals surface area contributed by atoms with Gasteiger partial charge >= 0.3 is 11.7 Å². The van der Waals surface area contributed by atoms with E-state index in [1.165, 1.54) is 31.3 Å². The van der Waals surface area contributed by atoms with Crippen LogP contribution in [0.1, 0.15) is 12.8 Å². The van der Waals surface area contributed by atoms with Crippen molar-refractivity contribution in [1.82, 2.24) is 14.0 Å². The molecular weight excluding hydrogens is 278 g/mol. The van der Waals surface area contributed by atoms with E-state index in [1.807, 2.05) is 0 Å². The first-order valence-electron chi connectivity index (χ1n) is 6.59. The first-order valence-corrected chi connectivity index (χ1v) is 6.59. The van der Waals surface area contributed by atoms with Crippen LogP contribution in [0, 0.1) is 0 Å². The SMILES string of the molecule is COC(=O)C1CCCN1C(=O)Cn1ccc(=O)n(C)c1=O. The normalized spacial score (nSPS) is 17.8. The zero-order valence-corrected chi connectivity index (χ0v) is 11.9. The number of aromatic nitrogens is 2. The van der Waals surface area contributed by atoms with Crippen LogP contribution in [0.25, 0.3) is 0 Å². The maximum atomic E-state index is 12.3. The summed E-state index contributed by atoms with van der Waals surface area (Å²) < 4.78 is 6.75. The quantitative estimate of drug-likeness (QED) is 0.647. The second kappa shape index (κ2) is 5.94. The van der Waals surface area contributed by atoms with Gasteiger partial charge in [-0.3, -0.25) is 18.7 Å². The predicted molar refractivity (Wildman–Crippen MR) is 72.7 cm³/mol. The molecule has 0 bridgehead atoms. The molecule has 2 rings (SSSR count). The van der Waals surface area contributed by atoms with Crippen molar-refractivity contribution in [1.29, 1.82) is 0 Å². The lowest BCUT2D eigenvalue weighted by molar-refractivity contribution is -0.151. The number of amides is 1. The van der Waals surface area contributed by atoms with Gasteiger partial charge in [-0.2, -0.15) is 0 Å². The summed E-state index contributed by atoms with van der Waals surface area (Å²) in [6.45, 7) is 0.250. The standard InChI is InChI=1S/C13H17N3O5/c1-14-10(17)5-7-15(13(14)20)8-11(18)16-6-3-4-9(16)12(19)21-2/h5,7,9H,3-4,6,8H2,1-2H3. The highest BCUT2D eigenvalue weighted by molar-refractivity contribution is 5.85. The maximum Gasteiger partial charge on any atom is 0.331 e. The van der Waals surface area contributed by atoms with E-state index in [9.17, 15) is 19.2 Å². The third kappa shape index (κ3) is 2.88. The molecule has 0 saturated carbocycles. The Labute approximate surface area is 120 Å². The molecule has 8 nitrogen and oxygen atoms in total. The van der Waals surface area contributed by atoms with E-state index in [4.69, 9.17) is 0 Å². The number of ether oxygens (including phenoxy) is 1. The Balaban J connectivity index is 2.19. The molecule has 1 aliphatic rings. The Morgan fingerprint density at radius 3 is 2.76 bits per heavy atom. The van der Waals surface area contributed by atoms with Crippen molar-refractivity contribution in [3.05, 3.63) is 33.1 Å². The summed E-state index contributed by atoms with van der Waals surface area (Å²) in [7, 11) is 2.62.